The van der Waals surface area contributed by atoms with Gasteiger partial charge in [0.05, 0.1) is 21.2 Å². The van der Waals surface area contributed by atoms with Gasteiger partial charge in [-0.25, -0.2) is 17.6 Å². The highest BCUT2D eigenvalue weighted by Gasteiger charge is 2.22. The summed E-state index contributed by atoms with van der Waals surface area (Å²) in [6, 6.07) is 9.09. The number of hydrogen-bond acceptors (Lipinski definition) is 5. The number of ether oxygens (including phenoxy) is 1. The molecule has 0 bridgehead atoms. The molecular weight excluding hydrogens is 385 g/mol. The van der Waals surface area contributed by atoms with Gasteiger partial charge in [-0.2, -0.15) is 0 Å². The number of carbonyl (C=O) groups excluding carboxylic acids is 2. The Kier molecular flexibility index (Phi) is 5.99. The van der Waals surface area contributed by atoms with Gasteiger partial charge in [-0.05, 0) is 37.3 Å². The molecule has 0 aromatic heterocycles. The number of nitrogens with one attached hydrogen (secondary N) is 1. The number of amides is 1. The number of halogens is 2. The smallest absolute Gasteiger partial charge is 0.340 e. The molecule has 9 heteroatoms. The van der Waals surface area contributed by atoms with Gasteiger partial charge in [0, 0.05) is 6.26 Å². The molecule has 2 aromatic rings. The van der Waals surface area contributed by atoms with Crippen molar-refractivity contribution in [3.63, 3.8) is 0 Å². The molecule has 1 N–H and O–H groups in total. The summed E-state index contributed by atoms with van der Waals surface area (Å²) in [4.78, 5) is 24.2. The first kappa shape index (κ1) is 19.9. The molecule has 0 unspecified atom stereocenters. The molecule has 6 nitrogen and oxygen atoms in total. The Hall–Kier alpha value is -2.45. The van der Waals surface area contributed by atoms with Crippen molar-refractivity contribution in [3.05, 3.63) is 58.9 Å². The fourth-order valence-corrected chi connectivity index (χ4v) is 2.81. The Balaban J connectivity index is 2.14. The summed E-state index contributed by atoms with van der Waals surface area (Å²) in [5.74, 6) is -2.36. The zero-order chi connectivity index (χ0) is 19.5. The second-order valence-electron chi connectivity index (χ2n) is 5.43. The number of esters is 1. The number of rotatable bonds is 5. The van der Waals surface area contributed by atoms with Gasteiger partial charge in [0.2, 0.25) is 0 Å². The minimum absolute atomic E-state index is 0.0240. The average molecular weight is 400 g/mol. The van der Waals surface area contributed by atoms with E-state index >= 15 is 0 Å². The van der Waals surface area contributed by atoms with Gasteiger partial charge in [0.1, 0.15) is 5.82 Å². The maximum atomic E-state index is 13.6. The molecule has 0 radical (unpaired) electrons. The van der Waals surface area contributed by atoms with Crippen LogP contribution in [0.25, 0.3) is 0 Å². The van der Waals surface area contributed by atoms with Crippen LogP contribution in [0.15, 0.2) is 47.4 Å². The minimum Gasteiger partial charge on any atom is -0.449 e. The summed E-state index contributed by atoms with van der Waals surface area (Å²) in [5.41, 5.74) is -0.252. The van der Waals surface area contributed by atoms with Gasteiger partial charge in [0.15, 0.2) is 15.9 Å². The zero-order valence-corrected chi connectivity index (χ0v) is 15.4. The van der Waals surface area contributed by atoms with Gasteiger partial charge in [-0.1, -0.05) is 23.7 Å². The monoisotopic (exact) mass is 399 g/mol. The van der Waals surface area contributed by atoms with E-state index in [0.29, 0.717) is 0 Å². The van der Waals surface area contributed by atoms with Gasteiger partial charge in [0.25, 0.3) is 5.91 Å². The summed E-state index contributed by atoms with van der Waals surface area (Å²) in [5, 5.41) is 2.27. The van der Waals surface area contributed by atoms with E-state index in [4.69, 9.17) is 16.3 Å². The summed E-state index contributed by atoms with van der Waals surface area (Å²) in [6.45, 7) is 1.29. The summed E-state index contributed by atoms with van der Waals surface area (Å²) in [6.07, 6.45) is -0.282. The van der Waals surface area contributed by atoms with Crippen LogP contribution in [0, 0.1) is 5.82 Å². The maximum absolute atomic E-state index is 13.6. The molecule has 0 aliphatic heterocycles. The van der Waals surface area contributed by atoms with E-state index in [2.05, 4.69) is 5.32 Å². The summed E-state index contributed by atoms with van der Waals surface area (Å²) >= 11 is 5.91. The maximum Gasteiger partial charge on any atom is 0.340 e. The van der Waals surface area contributed by atoms with Crippen molar-refractivity contribution in [2.45, 2.75) is 17.9 Å². The van der Waals surface area contributed by atoms with E-state index < -0.39 is 33.6 Å². The molecule has 0 saturated heterocycles. The van der Waals surface area contributed by atoms with Gasteiger partial charge >= 0.3 is 5.97 Å². The lowest BCUT2D eigenvalue weighted by molar-refractivity contribution is -0.123. The molecule has 0 aliphatic carbocycles. The van der Waals surface area contributed by atoms with E-state index in [1.807, 2.05) is 0 Å². The Labute approximate surface area is 154 Å². The van der Waals surface area contributed by atoms with Crippen molar-refractivity contribution >= 4 is 39.0 Å². The molecule has 138 valence electrons. The van der Waals surface area contributed by atoms with E-state index in [0.717, 1.165) is 12.3 Å². The second kappa shape index (κ2) is 7.84. The number of hydrogen-bond donors (Lipinski definition) is 1. The largest absolute Gasteiger partial charge is 0.449 e. The third-order valence-electron chi connectivity index (χ3n) is 3.37. The lowest BCUT2D eigenvalue weighted by atomic mass is 10.2. The van der Waals surface area contributed by atoms with Crippen LogP contribution in [0.4, 0.5) is 10.1 Å². The van der Waals surface area contributed by atoms with Gasteiger partial charge in [-0.3, -0.25) is 4.79 Å². The molecule has 2 aromatic carbocycles. The van der Waals surface area contributed by atoms with Crippen LogP contribution < -0.4 is 5.32 Å². The summed E-state index contributed by atoms with van der Waals surface area (Å²) < 4.78 is 41.7. The van der Waals surface area contributed by atoms with Crippen LogP contribution >= 0.6 is 11.6 Å². The molecule has 1 atom stereocenters. The Bertz CT molecular complexity index is 961. The SMILES string of the molecule is C[C@H](OC(=O)c1cc(S(C)(=O)=O)ccc1Cl)C(=O)Nc1ccccc1F. The van der Waals surface area contributed by atoms with Crippen LogP contribution in [0.2, 0.25) is 5.02 Å². The van der Waals surface area contributed by atoms with Crippen LogP contribution in [0.5, 0.6) is 0 Å². The van der Waals surface area contributed by atoms with Crippen LogP contribution in [-0.2, 0) is 19.4 Å². The normalized spacial score (nSPS) is 12.3. The number of para-hydroxylation sites is 1. The van der Waals surface area contributed by atoms with E-state index in [1.54, 1.807) is 0 Å². The van der Waals surface area contributed by atoms with Crippen molar-refractivity contribution in [2.24, 2.45) is 0 Å². The van der Waals surface area contributed by atoms with Crippen LogP contribution in [0.1, 0.15) is 17.3 Å². The third-order valence-corrected chi connectivity index (χ3v) is 4.81. The van der Waals surface area contributed by atoms with Crippen molar-refractivity contribution in [1.29, 1.82) is 0 Å². The first-order valence-corrected chi connectivity index (χ1v) is 9.62. The lowest BCUT2D eigenvalue weighted by Crippen LogP contribution is -2.30. The molecule has 0 fully saturated rings. The predicted octanol–water partition coefficient (Wildman–Crippen LogP) is 3.07. The van der Waals surface area contributed by atoms with E-state index in [-0.39, 0.29) is 21.2 Å². The first-order valence-electron chi connectivity index (χ1n) is 7.35. The molecule has 2 rings (SSSR count). The van der Waals surface area contributed by atoms with E-state index in [1.165, 1.54) is 43.3 Å². The fraction of sp³-hybridized carbons (Fsp3) is 0.176. The number of carbonyl (C=O) groups is 2. The van der Waals surface area contributed by atoms with Crippen LogP contribution in [0.3, 0.4) is 0 Å². The third kappa shape index (κ3) is 4.80. The van der Waals surface area contributed by atoms with E-state index in [9.17, 15) is 22.4 Å². The predicted molar refractivity (Wildman–Crippen MR) is 94.5 cm³/mol. The second-order valence-corrected chi connectivity index (χ2v) is 7.85. The number of anilines is 1. The molecule has 26 heavy (non-hydrogen) atoms. The van der Waals surface area contributed by atoms with Crippen molar-refractivity contribution in [1.82, 2.24) is 0 Å². The summed E-state index contributed by atoms with van der Waals surface area (Å²) in [7, 11) is -3.55. The number of sulfone groups is 1. The minimum atomic E-state index is -3.55. The lowest BCUT2D eigenvalue weighted by Gasteiger charge is -2.14. The van der Waals surface area contributed by atoms with Crippen molar-refractivity contribution in [3.8, 4) is 0 Å². The highest BCUT2D eigenvalue weighted by Crippen LogP contribution is 2.22. The molecule has 0 spiro atoms. The average Bonchev–Trinajstić information content (AvgIpc) is 2.56. The topological polar surface area (TPSA) is 89.5 Å². The Morgan fingerprint density at radius 2 is 1.85 bits per heavy atom. The molecule has 0 saturated carbocycles. The van der Waals surface area contributed by atoms with Crippen LogP contribution in [-0.4, -0.2) is 32.7 Å². The Morgan fingerprint density at radius 1 is 1.19 bits per heavy atom. The highest BCUT2D eigenvalue weighted by atomic mass is 35.5. The van der Waals surface area contributed by atoms with Gasteiger partial charge in [-0.15, -0.1) is 0 Å². The van der Waals surface area contributed by atoms with Crippen molar-refractivity contribution in [2.75, 3.05) is 11.6 Å². The van der Waals surface area contributed by atoms with Crippen molar-refractivity contribution < 1.29 is 27.1 Å². The molecule has 0 heterocycles. The first-order chi connectivity index (χ1) is 12.1. The highest BCUT2D eigenvalue weighted by molar-refractivity contribution is 7.90. The van der Waals surface area contributed by atoms with Gasteiger partial charge < -0.3 is 10.1 Å². The zero-order valence-electron chi connectivity index (χ0n) is 13.8. The molecule has 1 amide bonds. The Morgan fingerprint density at radius 3 is 2.46 bits per heavy atom. The molecular formula is C17H15ClFNO5S. The number of benzene rings is 2. The molecule has 0 aliphatic rings. The fourth-order valence-electron chi connectivity index (χ4n) is 1.97. The quantitative estimate of drug-likeness (QED) is 0.780. The standard InChI is InChI=1S/C17H15ClFNO5S/c1-10(16(21)20-15-6-4-3-5-14(15)19)25-17(22)12-9-11(26(2,23)24)7-8-13(12)18/h3-10H,1-2H3,(H,20,21)/t10-/m0/s1.